The molecule has 4 heteroatoms. The second-order valence-electron chi connectivity index (χ2n) is 5.85. The van der Waals surface area contributed by atoms with Gasteiger partial charge in [-0.2, -0.15) is 0 Å². The van der Waals surface area contributed by atoms with Crippen LogP contribution in [-0.4, -0.2) is 21.6 Å². The summed E-state index contributed by atoms with van der Waals surface area (Å²) >= 11 is 0. The summed E-state index contributed by atoms with van der Waals surface area (Å²) < 4.78 is 1.51. The van der Waals surface area contributed by atoms with Crippen LogP contribution in [-0.2, 0) is 0 Å². The van der Waals surface area contributed by atoms with E-state index < -0.39 is 0 Å². The molecule has 1 heterocycles. The normalized spacial score (nSPS) is 28.3. The lowest BCUT2D eigenvalue weighted by Gasteiger charge is -2.37. The van der Waals surface area contributed by atoms with E-state index >= 15 is 0 Å². The van der Waals surface area contributed by atoms with E-state index in [1.165, 1.54) is 17.4 Å². The monoisotopic (exact) mass is 249 g/mol. The molecule has 0 aliphatic heterocycles. The molecule has 18 heavy (non-hydrogen) atoms. The summed E-state index contributed by atoms with van der Waals surface area (Å²) in [4.78, 5) is 16.0. The summed E-state index contributed by atoms with van der Waals surface area (Å²) in [7, 11) is 0. The van der Waals surface area contributed by atoms with Crippen LogP contribution >= 0.6 is 0 Å². The predicted octanol–water partition coefficient (Wildman–Crippen LogP) is 2.90. The predicted molar refractivity (Wildman–Crippen MR) is 71.3 cm³/mol. The van der Waals surface area contributed by atoms with Crippen molar-refractivity contribution in [2.75, 3.05) is 0 Å². The molecule has 4 nitrogen and oxygen atoms in total. The molecule has 2 rings (SSSR count). The minimum Gasteiger partial charge on any atom is -0.334 e. The first-order valence-electron chi connectivity index (χ1n) is 6.86. The van der Waals surface area contributed by atoms with Crippen molar-refractivity contribution < 1.29 is 4.79 Å². The molecule has 0 radical (unpaired) electrons. The van der Waals surface area contributed by atoms with Crippen LogP contribution in [0.25, 0.3) is 0 Å². The van der Waals surface area contributed by atoms with E-state index in [0.717, 1.165) is 6.42 Å². The third kappa shape index (κ3) is 2.92. The molecule has 1 amide bonds. The Bertz CT molecular complexity index is 386. The molecule has 1 saturated carbocycles. The van der Waals surface area contributed by atoms with Gasteiger partial charge in [0.05, 0.1) is 0 Å². The van der Waals surface area contributed by atoms with E-state index in [0.29, 0.717) is 23.8 Å². The van der Waals surface area contributed by atoms with Gasteiger partial charge in [-0.05, 0) is 30.6 Å². The molecule has 1 aromatic rings. The quantitative estimate of drug-likeness (QED) is 0.876. The van der Waals surface area contributed by atoms with Crippen molar-refractivity contribution in [2.24, 2.45) is 17.8 Å². The average molecular weight is 249 g/mol. The van der Waals surface area contributed by atoms with Crippen molar-refractivity contribution in [1.82, 2.24) is 14.9 Å². The smallest absolute Gasteiger partial charge is 0.327 e. The number of nitrogens with one attached hydrogen (secondary N) is 1. The Labute approximate surface area is 109 Å². The molecule has 0 spiro atoms. The van der Waals surface area contributed by atoms with Crippen molar-refractivity contribution >= 4 is 6.03 Å². The van der Waals surface area contributed by atoms with Crippen molar-refractivity contribution in [1.29, 1.82) is 0 Å². The van der Waals surface area contributed by atoms with Crippen molar-refractivity contribution in [3.63, 3.8) is 0 Å². The molecule has 1 aliphatic carbocycles. The van der Waals surface area contributed by atoms with Gasteiger partial charge >= 0.3 is 6.03 Å². The van der Waals surface area contributed by atoms with Gasteiger partial charge in [-0.25, -0.2) is 9.78 Å². The number of aromatic nitrogens is 2. The van der Waals surface area contributed by atoms with Crippen molar-refractivity contribution in [2.45, 2.75) is 46.1 Å². The van der Waals surface area contributed by atoms with Gasteiger partial charge < -0.3 is 5.32 Å². The summed E-state index contributed by atoms with van der Waals surface area (Å²) in [6.45, 7) is 6.76. The highest BCUT2D eigenvalue weighted by atomic mass is 16.2. The highest BCUT2D eigenvalue weighted by molar-refractivity contribution is 5.76. The fraction of sp³-hybridized carbons (Fsp3) is 0.714. The van der Waals surface area contributed by atoms with Crippen molar-refractivity contribution in [3.05, 3.63) is 18.7 Å². The Hall–Kier alpha value is -1.32. The lowest BCUT2D eigenvalue weighted by molar-refractivity contribution is 0.169. The summed E-state index contributed by atoms with van der Waals surface area (Å²) in [5, 5.41) is 3.17. The minimum atomic E-state index is -0.0581. The lowest BCUT2D eigenvalue weighted by Crippen LogP contribution is -2.46. The topological polar surface area (TPSA) is 46.9 Å². The number of nitrogens with zero attached hydrogens (tertiary/aromatic N) is 2. The Kier molecular flexibility index (Phi) is 4.04. The van der Waals surface area contributed by atoms with Crippen LogP contribution in [0.4, 0.5) is 4.79 Å². The number of imidazole rings is 1. The molecule has 1 fully saturated rings. The van der Waals surface area contributed by atoms with Gasteiger partial charge in [-0.1, -0.05) is 27.2 Å². The molecule has 1 aromatic heterocycles. The van der Waals surface area contributed by atoms with Gasteiger partial charge in [0.15, 0.2) is 0 Å². The number of hydrogen-bond acceptors (Lipinski definition) is 2. The number of rotatable bonds is 2. The second kappa shape index (κ2) is 5.55. The van der Waals surface area contributed by atoms with Gasteiger partial charge in [0.25, 0.3) is 0 Å². The minimum absolute atomic E-state index is 0.0581. The highest BCUT2D eigenvalue weighted by Crippen LogP contribution is 2.33. The van der Waals surface area contributed by atoms with E-state index in [2.05, 4.69) is 31.1 Å². The van der Waals surface area contributed by atoms with Gasteiger partial charge in [-0.15, -0.1) is 0 Å². The Morgan fingerprint density at radius 3 is 2.83 bits per heavy atom. The maximum Gasteiger partial charge on any atom is 0.327 e. The lowest BCUT2D eigenvalue weighted by atomic mass is 9.74. The zero-order chi connectivity index (χ0) is 13.1. The highest BCUT2D eigenvalue weighted by Gasteiger charge is 2.31. The van der Waals surface area contributed by atoms with Gasteiger partial charge in [0.2, 0.25) is 0 Å². The fourth-order valence-corrected chi connectivity index (χ4v) is 2.98. The van der Waals surface area contributed by atoms with Gasteiger partial charge in [0, 0.05) is 18.4 Å². The Balaban J connectivity index is 2.02. The van der Waals surface area contributed by atoms with Crippen LogP contribution in [0, 0.1) is 17.8 Å². The molecule has 3 unspecified atom stereocenters. The average Bonchev–Trinajstić information content (AvgIpc) is 2.81. The molecule has 0 bridgehead atoms. The van der Waals surface area contributed by atoms with E-state index in [4.69, 9.17) is 0 Å². The molecule has 1 N–H and O–H groups in total. The molecular weight excluding hydrogens is 226 g/mol. The molecule has 3 atom stereocenters. The third-order valence-corrected chi connectivity index (χ3v) is 4.07. The second-order valence-corrected chi connectivity index (χ2v) is 5.85. The zero-order valence-corrected chi connectivity index (χ0v) is 11.5. The summed E-state index contributed by atoms with van der Waals surface area (Å²) in [5.74, 6) is 1.91. The number of amides is 1. The van der Waals surface area contributed by atoms with Crippen LogP contribution < -0.4 is 5.32 Å². The maximum atomic E-state index is 12.1. The van der Waals surface area contributed by atoms with E-state index in [9.17, 15) is 4.79 Å². The van der Waals surface area contributed by atoms with E-state index in [-0.39, 0.29) is 6.03 Å². The summed E-state index contributed by atoms with van der Waals surface area (Å²) in [6.07, 6.45) is 8.44. The standard InChI is InChI=1S/C14H23N3O/c1-10(2)12-5-4-11(3)8-13(12)16-14(18)17-7-6-15-9-17/h6-7,9-13H,4-5,8H2,1-3H3,(H,16,18). The first-order chi connectivity index (χ1) is 8.58. The van der Waals surface area contributed by atoms with Crippen LogP contribution in [0.15, 0.2) is 18.7 Å². The Morgan fingerprint density at radius 2 is 2.22 bits per heavy atom. The van der Waals surface area contributed by atoms with Crippen LogP contribution in [0.1, 0.15) is 40.0 Å². The molecule has 100 valence electrons. The maximum absolute atomic E-state index is 12.1. The van der Waals surface area contributed by atoms with E-state index in [1.54, 1.807) is 18.7 Å². The largest absolute Gasteiger partial charge is 0.334 e. The molecule has 0 saturated heterocycles. The third-order valence-electron chi connectivity index (χ3n) is 4.07. The zero-order valence-electron chi connectivity index (χ0n) is 11.5. The molecule has 1 aliphatic rings. The van der Waals surface area contributed by atoms with Gasteiger partial charge in [-0.3, -0.25) is 4.57 Å². The number of carbonyl (C=O) groups excluding carboxylic acids is 1. The Morgan fingerprint density at radius 1 is 1.44 bits per heavy atom. The van der Waals surface area contributed by atoms with Gasteiger partial charge in [0.1, 0.15) is 6.33 Å². The summed E-state index contributed by atoms with van der Waals surface area (Å²) in [5.41, 5.74) is 0. The van der Waals surface area contributed by atoms with Crippen LogP contribution in [0.3, 0.4) is 0 Å². The van der Waals surface area contributed by atoms with Crippen LogP contribution in [0.2, 0.25) is 0 Å². The summed E-state index contributed by atoms with van der Waals surface area (Å²) in [6, 6.07) is 0.237. The van der Waals surface area contributed by atoms with Crippen LogP contribution in [0.5, 0.6) is 0 Å². The molecular formula is C14H23N3O. The fourth-order valence-electron chi connectivity index (χ4n) is 2.98. The SMILES string of the molecule is CC1CCC(C(C)C)C(NC(=O)n2ccnc2)C1. The number of carbonyl (C=O) groups is 1. The number of hydrogen-bond donors (Lipinski definition) is 1. The van der Waals surface area contributed by atoms with E-state index in [1.807, 2.05) is 0 Å². The first kappa shape index (κ1) is 13.1. The van der Waals surface area contributed by atoms with Crippen molar-refractivity contribution in [3.8, 4) is 0 Å². The first-order valence-corrected chi connectivity index (χ1v) is 6.86. The molecule has 0 aromatic carbocycles.